The van der Waals surface area contributed by atoms with Gasteiger partial charge < -0.3 is 4.74 Å². The highest BCUT2D eigenvalue weighted by Gasteiger charge is 2.13. The van der Waals surface area contributed by atoms with Gasteiger partial charge >= 0.3 is 0 Å². The zero-order chi connectivity index (χ0) is 14.0. The molecule has 0 radical (unpaired) electrons. The van der Waals surface area contributed by atoms with E-state index in [1.807, 2.05) is 0 Å². The van der Waals surface area contributed by atoms with Crippen LogP contribution < -0.4 is 4.74 Å². The fraction of sp³-hybridized carbons (Fsp3) is 0.0833. The molecule has 0 unspecified atom stereocenters. The number of halogens is 2. The number of hydrogen-bond donors (Lipinski definition) is 0. The Balaban J connectivity index is 2.31. The summed E-state index contributed by atoms with van der Waals surface area (Å²) in [4.78, 5) is 14.0. The van der Waals surface area contributed by atoms with Gasteiger partial charge in [-0.25, -0.2) is 9.37 Å². The molecule has 0 bridgehead atoms. The average molecular weight is 327 g/mol. The first-order valence-corrected chi connectivity index (χ1v) is 6.01. The number of benzene rings is 1. The van der Waals surface area contributed by atoms with Crippen LogP contribution in [-0.2, 0) is 0 Å². The number of aryl methyl sites for hydroxylation is 1. The molecule has 0 spiro atoms. The Labute approximate surface area is 116 Å². The summed E-state index contributed by atoms with van der Waals surface area (Å²) in [7, 11) is 0. The number of rotatable bonds is 3. The minimum absolute atomic E-state index is 0.00451. The zero-order valence-electron chi connectivity index (χ0n) is 9.76. The number of nitrogens with zero attached hydrogens (tertiary/aromatic N) is 2. The van der Waals surface area contributed by atoms with Crippen molar-refractivity contribution in [2.45, 2.75) is 6.92 Å². The Bertz CT molecular complexity index is 649. The Kier molecular flexibility index (Phi) is 3.75. The highest BCUT2D eigenvalue weighted by molar-refractivity contribution is 9.10. The average Bonchev–Trinajstić information content (AvgIpc) is 2.33. The summed E-state index contributed by atoms with van der Waals surface area (Å²) in [6.07, 6.45) is 0. The molecular formula is C12H8BrFN2O3. The van der Waals surface area contributed by atoms with Crippen molar-refractivity contribution in [2.75, 3.05) is 0 Å². The SMILES string of the molecule is Cc1nc(Oc2cc(Br)ccc2F)ccc1[N+](=O)[O-]. The van der Waals surface area contributed by atoms with Crippen molar-refractivity contribution >= 4 is 21.6 Å². The van der Waals surface area contributed by atoms with Crippen LogP contribution in [0.4, 0.5) is 10.1 Å². The van der Waals surface area contributed by atoms with E-state index in [1.165, 1.54) is 37.3 Å². The standard InChI is InChI=1S/C12H8BrFN2O3/c1-7-10(16(17)18)4-5-12(15-7)19-11-6-8(13)2-3-9(11)14/h2-6H,1H3. The molecule has 0 saturated heterocycles. The molecule has 0 atom stereocenters. The molecule has 5 nitrogen and oxygen atoms in total. The van der Waals surface area contributed by atoms with Crippen molar-refractivity contribution in [1.82, 2.24) is 4.98 Å². The van der Waals surface area contributed by atoms with Gasteiger partial charge in [-0.15, -0.1) is 0 Å². The molecule has 0 N–H and O–H groups in total. The lowest BCUT2D eigenvalue weighted by Crippen LogP contribution is -1.97. The van der Waals surface area contributed by atoms with E-state index >= 15 is 0 Å². The molecule has 0 saturated carbocycles. The van der Waals surface area contributed by atoms with E-state index in [4.69, 9.17) is 4.74 Å². The molecule has 0 aliphatic heterocycles. The lowest BCUT2D eigenvalue weighted by molar-refractivity contribution is -0.385. The summed E-state index contributed by atoms with van der Waals surface area (Å²) in [5.74, 6) is -0.448. The molecule has 1 aromatic carbocycles. The molecule has 19 heavy (non-hydrogen) atoms. The predicted molar refractivity (Wildman–Crippen MR) is 69.8 cm³/mol. The first-order chi connectivity index (χ1) is 8.97. The van der Waals surface area contributed by atoms with Gasteiger partial charge in [-0.2, -0.15) is 0 Å². The van der Waals surface area contributed by atoms with E-state index in [1.54, 1.807) is 0 Å². The first kappa shape index (κ1) is 13.4. The third-order valence-corrected chi connectivity index (χ3v) is 2.83. The number of aromatic nitrogens is 1. The number of pyridine rings is 1. The summed E-state index contributed by atoms with van der Waals surface area (Å²) in [6, 6.07) is 6.83. The van der Waals surface area contributed by atoms with Crippen LogP contribution in [0.3, 0.4) is 0 Å². The maximum absolute atomic E-state index is 13.5. The summed E-state index contributed by atoms with van der Waals surface area (Å²) in [5, 5.41) is 10.6. The van der Waals surface area contributed by atoms with Crippen molar-refractivity contribution in [3.63, 3.8) is 0 Å². The molecule has 2 aromatic rings. The Morgan fingerprint density at radius 1 is 1.37 bits per heavy atom. The van der Waals surface area contributed by atoms with Crippen LogP contribution >= 0.6 is 15.9 Å². The fourth-order valence-corrected chi connectivity index (χ4v) is 1.79. The van der Waals surface area contributed by atoms with Gasteiger partial charge in [0.05, 0.1) is 4.92 Å². The van der Waals surface area contributed by atoms with E-state index in [9.17, 15) is 14.5 Å². The van der Waals surface area contributed by atoms with Gasteiger partial charge in [-0.3, -0.25) is 10.1 Å². The highest BCUT2D eigenvalue weighted by atomic mass is 79.9. The molecule has 7 heteroatoms. The van der Waals surface area contributed by atoms with E-state index in [2.05, 4.69) is 20.9 Å². The predicted octanol–water partition coefficient (Wildman–Crippen LogP) is 3.99. The van der Waals surface area contributed by atoms with Crippen LogP contribution in [0, 0.1) is 22.9 Å². The summed E-state index contributed by atoms with van der Waals surface area (Å²) in [5.41, 5.74) is 0.0972. The third-order valence-electron chi connectivity index (χ3n) is 2.34. The molecule has 0 aliphatic rings. The van der Waals surface area contributed by atoms with Crippen LogP contribution in [-0.4, -0.2) is 9.91 Å². The van der Waals surface area contributed by atoms with Gasteiger partial charge in [0, 0.05) is 16.6 Å². The molecule has 1 heterocycles. The van der Waals surface area contributed by atoms with Crippen LogP contribution in [0.15, 0.2) is 34.8 Å². The van der Waals surface area contributed by atoms with Crippen LogP contribution in [0.2, 0.25) is 0 Å². The molecule has 0 fully saturated rings. The van der Waals surface area contributed by atoms with Crippen LogP contribution in [0.5, 0.6) is 11.6 Å². The fourth-order valence-electron chi connectivity index (χ4n) is 1.45. The maximum Gasteiger partial charge on any atom is 0.290 e. The van der Waals surface area contributed by atoms with Gasteiger partial charge in [0.2, 0.25) is 5.88 Å². The summed E-state index contributed by atoms with van der Waals surface area (Å²) in [6.45, 7) is 1.49. The van der Waals surface area contributed by atoms with Crippen LogP contribution in [0.25, 0.3) is 0 Å². The minimum Gasteiger partial charge on any atom is -0.436 e. The van der Waals surface area contributed by atoms with E-state index < -0.39 is 10.7 Å². The monoisotopic (exact) mass is 326 g/mol. The summed E-state index contributed by atoms with van der Waals surface area (Å²) >= 11 is 3.20. The van der Waals surface area contributed by atoms with Crippen molar-refractivity contribution < 1.29 is 14.1 Å². The largest absolute Gasteiger partial charge is 0.436 e. The van der Waals surface area contributed by atoms with Gasteiger partial charge in [0.1, 0.15) is 5.69 Å². The van der Waals surface area contributed by atoms with Crippen molar-refractivity contribution in [3.05, 3.63) is 56.4 Å². The molecular weight excluding hydrogens is 319 g/mol. The smallest absolute Gasteiger partial charge is 0.290 e. The first-order valence-electron chi connectivity index (χ1n) is 5.22. The summed E-state index contributed by atoms with van der Waals surface area (Å²) < 4.78 is 19.4. The van der Waals surface area contributed by atoms with Crippen molar-refractivity contribution in [2.24, 2.45) is 0 Å². The van der Waals surface area contributed by atoms with Gasteiger partial charge in [0.25, 0.3) is 5.69 Å². The van der Waals surface area contributed by atoms with E-state index in [0.29, 0.717) is 4.47 Å². The molecule has 98 valence electrons. The molecule has 1 aromatic heterocycles. The van der Waals surface area contributed by atoms with Crippen LogP contribution in [0.1, 0.15) is 5.69 Å². The second-order valence-corrected chi connectivity index (χ2v) is 4.60. The van der Waals surface area contributed by atoms with Gasteiger partial charge in [-0.1, -0.05) is 15.9 Å². The van der Waals surface area contributed by atoms with E-state index in [0.717, 1.165) is 0 Å². The molecule has 2 rings (SSSR count). The Hall–Kier alpha value is -2.02. The third kappa shape index (κ3) is 3.05. The lowest BCUT2D eigenvalue weighted by atomic mass is 10.3. The normalized spacial score (nSPS) is 10.3. The van der Waals surface area contributed by atoms with E-state index in [-0.39, 0.29) is 23.0 Å². The maximum atomic E-state index is 13.5. The minimum atomic E-state index is -0.541. The van der Waals surface area contributed by atoms with Gasteiger partial charge in [0.15, 0.2) is 11.6 Å². The quantitative estimate of drug-likeness (QED) is 0.631. The number of nitro groups is 1. The lowest BCUT2D eigenvalue weighted by Gasteiger charge is -2.07. The second-order valence-electron chi connectivity index (χ2n) is 3.69. The van der Waals surface area contributed by atoms with Gasteiger partial charge in [-0.05, 0) is 25.1 Å². The zero-order valence-corrected chi connectivity index (χ0v) is 11.3. The number of hydrogen-bond acceptors (Lipinski definition) is 4. The molecule has 0 amide bonds. The highest BCUT2D eigenvalue weighted by Crippen LogP contribution is 2.28. The Morgan fingerprint density at radius 2 is 2.11 bits per heavy atom. The molecule has 0 aliphatic carbocycles. The van der Waals surface area contributed by atoms with Crippen molar-refractivity contribution in [3.8, 4) is 11.6 Å². The topological polar surface area (TPSA) is 65.3 Å². The number of ether oxygens (including phenoxy) is 1. The van der Waals surface area contributed by atoms with Crippen molar-refractivity contribution in [1.29, 1.82) is 0 Å². The second kappa shape index (κ2) is 5.31. The Morgan fingerprint density at radius 3 is 2.74 bits per heavy atom.